The maximum atomic E-state index is 11.7. The number of carbonyl (C=O) groups excluding carboxylic acids is 1. The molecule has 0 aromatic carbocycles. The van der Waals surface area contributed by atoms with Crippen molar-refractivity contribution in [2.24, 2.45) is 0 Å². The number of ether oxygens (including phenoxy) is 1. The molecule has 106 valence electrons. The van der Waals surface area contributed by atoms with E-state index in [9.17, 15) is 4.79 Å². The predicted molar refractivity (Wildman–Crippen MR) is 74.1 cm³/mol. The largest absolute Gasteiger partial charge is 0.378 e. The van der Waals surface area contributed by atoms with Crippen molar-refractivity contribution in [2.75, 3.05) is 19.7 Å². The number of halogens is 1. The van der Waals surface area contributed by atoms with Crippen molar-refractivity contribution >= 4 is 18.3 Å². The van der Waals surface area contributed by atoms with E-state index in [0.29, 0.717) is 12.5 Å². The van der Waals surface area contributed by atoms with Gasteiger partial charge in [-0.25, -0.2) is 0 Å². The Morgan fingerprint density at radius 3 is 2.83 bits per heavy atom. The third kappa shape index (κ3) is 5.55. The van der Waals surface area contributed by atoms with Gasteiger partial charge in [0.1, 0.15) is 0 Å². The molecule has 5 heteroatoms. The van der Waals surface area contributed by atoms with Gasteiger partial charge in [0.05, 0.1) is 12.5 Å². The highest BCUT2D eigenvalue weighted by Gasteiger charge is 2.18. The molecule has 2 N–H and O–H groups in total. The van der Waals surface area contributed by atoms with Crippen LogP contribution in [-0.4, -0.2) is 37.7 Å². The molecule has 0 saturated carbocycles. The van der Waals surface area contributed by atoms with Gasteiger partial charge in [-0.05, 0) is 45.1 Å². The van der Waals surface area contributed by atoms with Crippen molar-refractivity contribution < 1.29 is 9.53 Å². The smallest absolute Gasteiger partial charge is 0.222 e. The van der Waals surface area contributed by atoms with Crippen LogP contribution in [0.3, 0.4) is 0 Å². The first kappa shape index (κ1) is 15.7. The van der Waals surface area contributed by atoms with Crippen LogP contribution in [0.25, 0.3) is 0 Å². The SMILES string of the molecule is Cl.O=C(CC1CCCCO1)NCC[C@H]1CCCN1. The lowest BCUT2D eigenvalue weighted by Gasteiger charge is -2.22. The highest BCUT2D eigenvalue weighted by atomic mass is 35.5. The summed E-state index contributed by atoms with van der Waals surface area (Å²) in [5.74, 6) is 0.148. The van der Waals surface area contributed by atoms with Crippen LogP contribution in [0.5, 0.6) is 0 Å². The van der Waals surface area contributed by atoms with Crippen LogP contribution >= 0.6 is 12.4 Å². The Kier molecular flexibility index (Phi) is 7.63. The van der Waals surface area contributed by atoms with Crippen molar-refractivity contribution in [3.05, 3.63) is 0 Å². The fourth-order valence-electron chi connectivity index (χ4n) is 2.64. The summed E-state index contributed by atoms with van der Waals surface area (Å²) in [6, 6.07) is 0.612. The molecule has 0 radical (unpaired) electrons. The van der Waals surface area contributed by atoms with E-state index in [1.165, 1.54) is 19.3 Å². The monoisotopic (exact) mass is 276 g/mol. The van der Waals surface area contributed by atoms with Crippen LogP contribution in [0, 0.1) is 0 Å². The van der Waals surface area contributed by atoms with Gasteiger partial charge in [-0.15, -0.1) is 12.4 Å². The lowest BCUT2D eigenvalue weighted by molar-refractivity contribution is -0.124. The van der Waals surface area contributed by atoms with Gasteiger partial charge in [-0.2, -0.15) is 0 Å². The van der Waals surface area contributed by atoms with Crippen LogP contribution in [-0.2, 0) is 9.53 Å². The summed E-state index contributed by atoms with van der Waals surface area (Å²) >= 11 is 0. The summed E-state index contributed by atoms with van der Waals surface area (Å²) in [5.41, 5.74) is 0. The maximum absolute atomic E-state index is 11.7. The number of nitrogens with one attached hydrogen (secondary N) is 2. The molecule has 4 nitrogen and oxygen atoms in total. The number of rotatable bonds is 5. The lowest BCUT2D eigenvalue weighted by Crippen LogP contribution is -2.33. The molecular formula is C13H25ClN2O2. The second-order valence-electron chi connectivity index (χ2n) is 5.12. The molecule has 0 spiro atoms. The van der Waals surface area contributed by atoms with Crippen molar-refractivity contribution in [3.8, 4) is 0 Å². The van der Waals surface area contributed by atoms with Crippen LogP contribution in [0.1, 0.15) is 44.9 Å². The molecule has 2 atom stereocenters. The van der Waals surface area contributed by atoms with Crippen LogP contribution in [0.4, 0.5) is 0 Å². The first-order valence-corrected chi connectivity index (χ1v) is 6.96. The number of hydrogen-bond donors (Lipinski definition) is 2. The van der Waals surface area contributed by atoms with E-state index in [2.05, 4.69) is 10.6 Å². The Morgan fingerprint density at radius 2 is 2.17 bits per heavy atom. The van der Waals surface area contributed by atoms with Gasteiger partial charge in [-0.3, -0.25) is 4.79 Å². The molecule has 1 amide bonds. The Labute approximate surface area is 116 Å². The summed E-state index contributed by atoms with van der Waals surface area (Å²) < 4.78 is 5.56. The van der Waals surface area contributed by atoms with Crippen LogP contribution in [0.2, 0.25) is 0 Å². The van der Waals surface area contributed by atoms with Crippen molar-refractivity contribution in [2.45, 2.75) is 57.1 Å². The van der Waals surface area contributed by atoms with Crippen molar-refractivity contribution in [1.82, 2.24) is 10.6 Å². The quantitative estimate of drug-likeness (QED) is 0.802. The summed E-state index contributed by atoms with van der Waals surface area (Å²) in [5, 5.41) is 6.43. The van der Waals surface area contributed by atoms with Gasteiger partial charge in [0, 0.05) is 19.2 Å². The summed E-state index contributed by atoms with van der Waals surface area (Å²) in [6.07, 6.45) is 7.66. The fraction of sp³-hybridized carbons (Fsp3) is 0.923. The van der Waals surface area contributed by atoms with E-state index >= 15 is 0 Å². The zero-order valence-corrected chi connectivity index (χ0v) is 11.8. The van der Waals surface area contributed by atoms with Gasteiger partial charge in [-0.1, -0.05) is 0 Å². The molecule has 0 aliphatic carbocycles. The number of hydrogen-bond acceptors (Lipinski definition) is 3. The second kappa shape index (κ2) is 8.73. The lowest BCUT2D eigenvalue weighted by atomic mass is 10.1. The Bertz CT molecular complexity index is 239. The highest BCUT2D eigenvalue weighted by molar-refractivity contribution is 5.85. The Balaban J connectivity index is 0.00000162. The molecule has 18 heavy (non-hydrogen) atoms. The second-order valence-corrected chi connectivity index (χ2v) is 5.12. The highest BCUT2D eigenvalue weighted by Crippen LogP contribution is 2.15. The van der Waals surface area contributed by atoms with Crippen molar-refractivity contribution in [3.63, 3.8) is 0 Å². The maximum Gasteiger partial charge on any atom is 0.222 e. The van der Waals surface area contributed by atoms with Crippen LogP contribution < -0.4 is 10.6 Å². The van der Waals surface area contributed by atoms with E-state index in [-0.39, 0.29) is 24.4 Å². The van der Waals surface area contributed by atoms with E-state index in [1.807, 2.05) is 0 Å². The minimum absolute atomic E-state index is 0. The molecule has 2 fully saturated rings. The standard InChI is InChI=1S/C13H24N2O2.ClH/c16-13(10-12-5-1-2-9-17-12)15-8-6-11-4-3-7-14-11;/h11-12,14H,1-10H2,(H,15,16);1H/t11-,12?;/m1./s1. The minimum atomic E-state index is 0. The molecule has 2 saturated heterocycles. The molecule has 2 aliphatic heterocycles. The average Bonchev–Trinajstić information content (AvgIpc) is 2.83. The molecule has 0 aromatic heterocycles. The minimum Gasteiger partial charge on any atom is -0.378 e. The van der Waals surface area contributed by atoms with Gasteiger partial charge in [0.2, 0.25) is 5.91 Å². The predicted octanol–water partition coefficient (Wildman–Crippen LogP) is 1.63. The van der Waals surface area contributed by atoms with Gasteiger partial charge >= 0.3 is 0 Å². The van der Waals surface area contributed by atoms with Gasteiger partial charge in [0.25, 0.3) is 0 Å². The van der Waals surface area contributed by atoms with Crippen LogP contribution in [0.15, 0.2) is 0 Å². The first-order chi connectivity index (χ1) is 8.34. The summed E-state index contributed by atoms with van der Waals surface area (Å²) in [6.45, 7) is 2.75. The molecule has 2 rings (SSSR count). The van der Waals surface area contributed by atoms with E-state index < -0.39 is 0 Å². The third-order valence-electron chi connectivity index (χ3n) is 3.66. The van der Waals surface area contributed by atoms with Crippen molar-refractivity contribution in [1.29, 1.82) is 0 Å². The first-order valence-electron chi connectivity index (χ1n) is 6.96. The zero-order valence-electron chi connectivity index (χ0n) is 11.0. The molecule has 1 unspecified atom stereocenters. The topological polar surface area (TPSA) is 50.4 Å². The zero-order chi connectivity index (χ0) is 11.9. The Hall–Kier alpha value is -0.320. The van der Waals surface area contributed by atoms with E-state index in [0.717, 1.165) is 39.0 Å². The van der Waals surface area contributed by atoms with E-state index in [1.54, 1.807) is 0 Å². The summed E-state index contributed by atoms with van der Waals surface area (Å²) in [7, 11) is 0. The average molecular weight is 277 g/mol. The number of amides is 1. The fourth-order valence-corrected chi connectivity index (χ4v) is 2.64. The molecule has 2 heterocycles. The molecule has 0 bridgehead atoms. The normalized spacial score (nSPS) is 27.6. The van der Waals surface area contributed by atoms with Gasteiger partial charge in [0.15, 0.2) is 0 Å². The molecular weight excluding hydrogens is 252 g/mol. The molecule has 2 aliphatic rings. The summed E-state index contributed by atoms with van der Waals surface area (Å²) in [4.78, 5) is 11.7. The van der Waals surface area contributed by atoms with Gasteiger partial charge < -0.3 is 15.4 Å². The number of carbonyl (C=O) groups is 1. The Morgan fingerprint density at radius 1 is 1.28 bits per heavy atom. The molecule has 0 aromatic rings. The third-order valence-corrected chi connectivity index (χ3v) is 3.66. The van der Waals surface area contributed by atoms with E-state index in [4.69, 9.17) is 4.74 Å².